The molecule has 1 aromatic heterocycles. The van der Waals surface area contributed by atoms with Crippen molar-refractivity contribution in [3.63, 3.8) is 0 Å². The summed E-state index contributed by atoms with van der Waals surface area (Å²) in [5.41, 5.74) is 3.97. The van der Waals surface area contributed by atoms with E-state index in [9.17, 15) is 9.50 Å². The molecular formula is C27H32FN3O. The largest absolute Gasteiger partial charge is 0.507 e. The predicted octanol–water partition coefficient (Wildman–Crippen LogP) is 6.29. The van der Waals surface area contributed by atoms with Crippen LogP contribution in [0.1, 0.15) is 46.1 Å². The molecule has 0 radical (unpaired) electrons. The number of nitrogens with zero attached hydrogens (tertiary/aromatic N) is 1. The van der Waals surface area contributed by atoms with Crippen LogP contribution in [0.4, 0.5) is 10.2 Å². The zero-order valence-electron chi connectivity index (χ0n) is 19.5. The lowest BCUT2D eigenvalue weighted by Crippen LogP contribution is -2.60. The maximum absolute atomic E-state index is 14.0. The first-order valence-corrected chi connectivity index (χ1v) is 11.1. The van der Waals surface area contributed by atoms with E-state index in [1.807, 2.05) is 37.3 Å². The Balaban J connectivity index is 1.78. The highest BCUT2D eigenvalue weighted by Crippen LogP contribution is 2.35. The van der Waals surface area contributed by atoms with Gasteiger partial charge in [0.25, 0.3) is 0 Å². The standard InChI is InChI=1S/C27H32FN3O/c1-17-9-10-24(32)22(11-17)23-13-19(18-7-6-8-20(28)12-18)14-25(30-23)29-21-15-26(2,3)31-27(4,5)16-21/h6-14,21,31-32H,15-16H2,1-5H3,(H,29,30). The van der Waals surface area contributed by atoms with Crippen LogP contribution in [0.3, 0.4) is 0 Å². The normalized spacial score (nSPS) is 17.8. The van der Waals surface area contributed by atoms with E-state index in [0.717, 1.165) is 35.3 Å². The highest BCUT2D eigenvalue weighted by atomic mass is 19.1. The fraction of sp³-hybridized carbons (Fsp3) is 0.370. The van der Waals surface area contributed by atoms with Crippen LogP contribution < -0.4 is 10.6 Å². The van der Waals surface area contributed by atoms with E-state index >= 15 is 0 Å². The zero-order chi connectivity index (χ0) is 23.1. The van der Waals surface area contributed by atoms with Gasteiger partial charge in [-0.2, -0.15) is 0 Å². The van der Waals surface area contributed by atoms with Crippen LogP contribution in [0.5, 0.6) is 5.75 Å². The number of pyridine rings is 1. The molecule has 1 saturated heterocycles. The minimum absolute atomic E-state index is 0.00275. The van der Waals surface area contributed by atoms with Crippen molar-refractivity contribution in [2.75, 3.05) is 5.32 Å². The molecule has 4 rings (SSSR count). The maximum Gasteiger partial charge on any atom is 0.127 e. The van der Waals surface area contributed by atoms with Gasteiger partial charge in [0.2, 0.25) is 0 Å². The number of hydrogen-bond acceptors (Lipinski definition) is 4. The summed E-state index contributed by atoms with van der Waals surface area (Å²) in [6, 6.07) is 16.1. The molecule has 4 nitrogen and oxygen atoms in total. The molecule has 1 aliphatic heterocycles. The number of piperidine rings is 1. The van der Waals surface area contributed by atoms with E-state index in [4.69, 9.17) is 4.98 Å². The van der Waals surface area contributed by atoms with Crippen LogP contribution in [0.2, 0.25) is 0 Å². The molecule has 1 aliphatic rings. The van der Waals surface area contributed by atoms with Crippen molar-refractivity contribution in [3.05, 3.63) is 66.0 Å². The smallest absolute Gasteiger partial charge is 0.127 e. The predicted molar refractivity (Wildman–Crippen MR) is 129 cm³/mol. The molecule has 2 heterocycles. The molecule has 3 N–H and O–H groups in total. The van der Waals surface area contributed by atoms with Gasteiger partial charge in [0, 0.05) is 22.7 Å². The van der Waals surface area contributed by atoms with E-state index in [0.29, 0.717) is 11.3 Å². The first-order chi connectivity index (χ1) is 15.0. The first kappa shape index (κ1) is 22.3. The third-order valence-electron chi connectivity index (χ3n) is 5.95. The van der Waals surface area contributed by atoms with Gasteiger partial charge in [0.05, 0.1) is 5.69 Å². The highest BCUT2D eigenvalue weighted by molar-refractivity contribution is 5.76. The summed E-state index contributed by atoms with van der Waals surface area (Å²) in [5, 5.41) is 17.9. The number of phenolic OH excluding ortho intramolecular Hbond substituents is 1. The number of rotatable bonds is 4. The molecule has 0 unspecified atom stereocenters. The summed E-state index contributed by atoms with van der Waals surface area (Å²) in [7, 11) is 0. The summed E-state index contributed by atoms with van der Waals surface area (Å²) < 4.78 is 14.0. The molecule has 5 heteroatoms. The van der Waals surface area contributed by atoms with Crippen molar-refractivity contribution in [1.82, 2.24) is 10.3 Å². The molecule has 0 saturated carbocycles. The van der Waals surface area contributed by atoms with Crippen LogP contribution in [0.25, 0.3) is 22.4 Å². The average Bonchev–Trinajstić information content (AvgIpc) is 2.67. The van der Waals surface area contributed by atoms with Crippen molar-refractivity contribution in [1.29, 1.82) is 0 Å². The average molecular weight is 434 g/mol. The van der Waals surface area contributed by atoms with E-state index in [1.165, 1.54) is 12.1 Å². The van der Waals surface area contributed by atoms with Gasteiger partial charge < -0.3 is 15.7 Å². The van der Waals surface area contributed by atoms with E-state index in [-0.39, 0.29) is 28.7 Å². The monoisotopic (exact) mass is 433 g/mol. The zero-order valence-corrected chi connectivity index (χ0v) is 19.5. The minimum Gasteiger partial charge on any atom is -0.507 e. The first-order valence-electron chi connectivity index (χ1n) is 11.1. The molecule has 168 valence electrons. The molecule has 0 aliphatic carbocycles. The van der Waals surface area contributed by atoms with Gasteiger partial charge in [-0.05, 0) is 95.0 Å². The van der Waals surface area contributed by atoms with Gasteiger partial charge in [0.15, 0.2) is 0 Å². The van der Waals surface area contributed by atoms with E-state index < -0.39 is 0 Å². The summed E-state index contributed by atoms with van der Waals surface area (Å²) >= 11 is 0. The maximum atomic E-state index is 14.0. The van der Waals surface area contributed by atoms with Gasteiger partial charge >= 0.3 is 0 Å². The van der Waals surface area contributed by atoms with Crippen molar-refractivity contribution in [3.8, 4) is 28.1 Å². The Labute approximate surface area is 189 Å². The minimum atomic E-state index is -0.282. The van der Waals surface area contributed by atoms with Crippen LogP contribution in [-0.4, -0.2) is 27.2 Å². The Morgan fingerprint density at radius 2 is 1.69 bits per heavy atom. The Bertz CT molecular complexity index is 1120. The lowest BCUT2D eigenvalue weighted by Gasteiger charge is -2.46. The molecule has 0 spiro atoms. The second-order valence-corrected chi connectivity index (χ2v) is 10.3. The molecule has 2 aromatic carbocycles. The molecule has 0 atom stereocenters. The molecule has 1 fully saturated rings. The summed E-state index contributed by atoms with van der Waals surface area (Å²) in [6.07, 6.45) is 1.90. The fourth-order valence-corrected chi connectivity index (χ4v) is 5.07. The number of phenols is 1. The topological polar surface area (TPSA) is 57.2 Å². The van der Waals surface area contributed by atoms with Gasteiger partial charge in [-0.1, -0.05) is 23.8 Å². The van der Waals surface area contributed by atoms with Crippen LogP contribution in [-0.2, 0) is 0 Å². The van der Waals surface area contributed by atoms with Gasteiger partial charge in [0.1, 0.15) is 17.4 Å². The Morgan fingerprint density at radius 1 is 0.969 bits per heavy atom. The summed E-state index contributed by atoms with van der Waals surface area (Å²) in [5.74, 6) is 0.617. The number of halogens is 1. The third-order valence-corrected chi connectivity index (χ3v) is 5.95. The van der Waals surface area contributed by atoms with Crippen molar-refractivity contribution in [2.24, 2.45) is 0 Å². The number of aromatic nitrogens is 1. The van der Waals surface area contributed by atoms with Crippen LogP contribution in [0.15, 0.2) is 54.6 Å². The summed E-state index contributed by atoms with van der Waals surface area (Å²) in [6.45, 7) is 10.9. The Hall–Kier alpha value is -2.92. The van der Waals surface area contributed by atoms with Gasteiger partial charge in [-0.25, -0.2) is 9.37 Å². The Kier molecular flexibility index (Phi) is 5.72. The second-order valence-electron chi connectivity index (χ2n) is 10.3. The number of nitrogens with one attached hydrogen (secondary N) is 2. The summed E-state index contributed by atoms with van der Waals surface area (Å²) in [4.78, 5) is 4.86. The molecule has 0 amide bonds. The van der Waals surface area contributed by atoms with Crippen LogP contribution >= 0.6 is 0 Å². The van der Waals surface area contributed by atoms with E-state index in [1.54, 1.807) is 12.1 Å². The fourth-order valence-electron chi connectivity index (χ4n) is 5.07. The highest BCUT2D eigenvalue weighted by Gasteiger charge is 2.37. The van der Waals surface area contributed by atoms with Crippen molar-refractivity contribution < 1.29 is 9.50 Å². The lowest BCUT2D eigenvalue weighted by molar-refractivity contribution is 0.170. The SMILES string of the molecule is Cc1ccc(O)c(-c2cc(-c3cccc(F)c3)cc(NC3CC(C)(C)NC(C)(C)C3)n2)c1. The quantitative estimate of drug-likeness (QED) is 0.453. The number of anilines is 1. The lowest BCUT2D eigenvalue weighted by atomic mass is 9.79. The van der Waals surface area contributed by atoms with Crippen molar-refractivity contribution >= 4 is 5.82 Å². The number of benzene rings is 2. The van der Waals surface area contributed by atoms with Gasteiger partial charge in [-0.3, -0.25) is 0 Å². The van der Waals surface area contributed by atoms with Crippen molar-refractivity contribution in [2.45, 2.75) is 64.6 Å². The van der Waals surface area contributed by atoms with E-state index in [2.05, 4.69) is 38.3 Å². The number of aryl methyl sites for hydroxylation is 1. The number of aromatic hydroxyl groups is 1. The molecular weight excluding hydrogens is 401 g/mol. The Morgan fingerprint density at radius 3 is 2.38 bits per heavy atom. The third kappa shape index (κ3) is 5.10. The molecule has 0 bridgehead atoms. The molecule has 32 heavy (non-hydrogen) atoms. The van der Waals surface area contributed by atoms with Crippen LogP contribution in [0, 0.1) is 12.7 Å². The number of hydrogen-bond donors (Lipinski definition) is 3. The van der Waals surface area contributed by atoms with Gasteiger partial charge in [-0.15, -0.1) is 0 Å². The second kappa shape index (κ2) is 8.21. The molecule has 3 aromatic rings.